The van der Waals surface area contributed by atoms with Gasteiger partial charge in [-0.15, -0.1) is 0 Å². The van der Waals surface area contributed by atoms with Crippen molar-refractivity contribution in [1.29, 1.82) is 0 Å². The Morgan fingerprint density at radius 2 is 2.09 bits per heavy atom. The molecule has 0 aliphatic carbocycles. The topological polar surface area (TPSA) is 6.48 Å². The van der Waals surface area contributed by atoms with Gasteiger partial charge in [0.2, 0.25) is 0 Å². The molecule has 0 aromatic carbocycles. The van der Waals surface area contributed by atoms with E-state index >= 15 is 0 Å². The van der Waals surface area contributed by atoms with Crippen LogP contribution in [0, 0.1) is 0 Å². The fraction of sp³-hybridized carbons (Fsp3) is 1.00. The third-order valence-electron chi connectivity index (χ3n) is 2.18. The molecule has 1 aliphatic heterocycles. The number of rotatable bonds is 2. The Bertz CT molecular complexity index is 121. The summed E-state index contributed by atoms with van der Waals surface area (Å²) in [6.45, 7) is 6.13. The molecule has 0 bridgehead atoms. The van der Waals surface area contributed by atoms with Crippen LogP contribution in [0.15, 0.2) is 0 Å². The summed E-state index contributed by atoms with van der Waals surface area (Å²) in [7, 11) is 0. The zero-order valence-corrected chi connectivity index (χ0v) is 12.0. The van der Waals surface area contributed by atoms with Crippen molar-refractivity contribution in [2.75, 3.05) is 19.6 Å². The molecule has 66 valence electrons. The van der Waals surface area contributed by atoms with Gasteiger partial charge in [0.05, 0.1) is 0 Å². The monoisotopic (exact) mass is 280 g/mol. The molecular formula is C7H18As2N2. The van der Waals surface area contributed by atoms with Crippen LogP contribution in [0.2, 0.25) is 0 Å². The fourth-order valence-electron chi connectivity index (χ4n) is 1.48. The van der Waals surface area contributed by atoms with E-state index in [0.29, 0.717) is 0 Å². The SMILES string of the molecule is CCCC1CN([AsH2])CCN1[AsH2]. The number of piperazine rings is 1. The third kappa shape index (κ3) is 3.11. The molecule has 3 atom stereocenters. The Hall–Kier alpha value is 1.04. The molecule has 11 heavy (non-hydrogen) atoms. The van der Waals surface area contributed by atoms with E-state index in [-0.39, 0.29) is 0 Å². The molecule has 0 aromatic heterocycles. The molecule has 1 heterocycles. The van der Waals surface area contributed by atoms with Crippen molar-refractivity contribution in [1.82, 2.24) is 7.63 Å². The Kier molecular flexibility index (Phi) is 4.52. The summed E-state index contributed by atoms with van der Waals surface area (Å²) in [5, 5.41) is 0. The molecule has 1 aliphatic rings. The van der Waals surface area contributed by atoms with Crippen molar-refractivity contribution in [2.45, 2.75) is 25.8 Å². The minimum atomic E-state index is 0.848. The van der Waals surface area contributed by atoms with E-state index in [1.54, 1.807) is 34.2 Å². The Labute approximate surface area is 87.1 Å². The van der Waals surface area contributed by atoms with E-state index in [0.717, 1.165) is 6.04 Å². The summed E-state index contributed by atoms with van der Waals surface area (Å²) in [5.41, 5.74) is 0. The second-order valence-electron chi connectivity index (χ2n) is 3.18. The van der Waals surface area contributed by atoms with E-state index in [1.807, 2.05) is 0 Å². The van der Waals surface area contributed by atoms with Crippen LogP contribution in [-0.4, -0.2) is 67.5 Å². The quantitative estimate of drug-likeness (QED) is 0.591. The molecule has 0 aromatic rings. The zero-order chi connectivity index (χ0) is 8.27. The van der Waals surface area contributed by atoms with Gasteiger partial charge in [-0.25, -0.2) is 0 Å². The third-order valence-corrected chi connectivity index (χ3v) is 4.59. The molecule has 3 unspecified atom stereocenters. The first-order chi connectivity index (χ1) is 5.24. The molecule has 0 spiro atoms. The summed E-state index contributed by atoms with van der Waals surface area (Å²) in [6, 6.07) is 0.848. The predicted molar refractivity (Wildman–Crippen MR) is 54.1 cm³/mol. The van der Waals surface area contributed by atoms with E-state index in [9.17, 15) is 0 Å². The summed E-state index contributed by atoms with van der Waals surface area (Å²) in [4.78, 5) is 0. The van der Waals surface area contributed by atoms with Crippen molar-refractivity contribution >= 4 is 34.2 Å². The van der Waals surface area contributed by atoms with E-state index in [1.165, 1.54) is 32.5 Å². The van der Waals surface area contributed by atoms with Gasteiger partial charge in [0, 0.05) is 0 Å². The van der Waals surface area contributed by atoms with Crippen molar-refractivity contribution in [3.05, 3.63) is 0 Å². The van der Waals surface area contributed by atoms with Crippen LogP contribution in [0.4, 0.5) is 0 Å². The number of hydrogen-bond donors (Lipinski definition) is 0. The average Bonchev–Trinajstić information content (AvgIpc) is 1.98. The Morgan fingerprint density at radius 1 is 1.36 bits per heavy atom. The number of hydrogen-bond acceptors (Lipinski definition) is 2. The minimum absolute atomic E-state index is 0.848. The first kappa shape index (κ1) is 10.1. The van der Waals surface area contributed by atoms with Crippen molar-refractivity contribution < 1.29 is 0 Å². The normalized spacial score (nSPS) is 29.2. The zero-order valence-electron chi connectivity index (χ0n) is 7.16. The van der Waals surface area contributed by atoms with Crippen LogP contribution in [-0.2, 0) is 0 Å². The van der Waals surface area contributed by atoms with Crippen LogP contribution >= 0.6 is 0 Å². The van der Waals surface area contributed by atoms with Gasteiger partial charge in [-0.05, 0) is 0 Å². The number of nitrogens with zero attached hydrogens (tertiary/aromatic N) is 2. The van der Waals surface area contributed by atoms with Crippen molar-refractivity contribution in [3.63, 3.8) is 0 Å². The molecule has 2 nitrogen and oxygen atoms in total. The van der Waals surface area contributed by atoms with Gasteiger partial charge < -0.3 is 0 Å². The molecule has 1 rings (SSSR count). The Balaban J connectivity index is 2.34. The van der Waals surface area contributed by atoms with E-state index in [2.05, 4.69) is 14.6 Å². The van der Waals surface area contributed by atoms with Gasteiger partial charge >= 0.3 is 87.2 Å². The molecule has 1 saturated heterocycles. The van der Waals surface area contributed by atoms with Gasteiger partial charge in [0.1, 0.15) is 0 Å². The van der Waals surface area contributed by atoms with E-state index in [4.69, 9.17) is 0 Å². The molecule has 0 N–H and O–H groups in total. The first-order valence-electron chi connectivity index (χ1n) is 4.25. The second-order valence-corrected chi connectivity index (χ2v) is 6.10. The van der Waals surface area contributed by atoms with E-state index < -0.39 is 0 Å². The van der Waals surface area contributed by atoms with Gasteiger partial charge in [0.15, 0.2) is 0 Å². The van der Waals surface area contributed by atoms with Gasteiger partial charge in [-0.2, -0.15) is 0 Å². The molecule has 0 saturated carbocycles. The van der Waals surface area contributed by atoms with Crippen LogP contribution in [0.3, 0.4) is 0 Å². The van der Waals surface area contributed by atoms with Gasteiger partial charge in [-0.3, -0.25) is 0 Å². The summed E-state index contributed by atoms with van der Waals surface area (Å²) >= 11 is 3.59. The van der Waals surface area contributed by atoms with Gasteiger partial charge in [-0.1, -0.05) is 0 Å². The molecule has 0 radical (unpaired) electrons. The van der Waals surface area contributed by atoms with Crippen molar-refractivity contribution in [3.8, 4) is 0 Å². The van der Waals surface area contributed by atoms with Crippen LogP contribution < -0.4 is 0 Å². The fourth-order valence-corrected chi connectivity index (χ4v) is 2.99. The van der Waals surface area contributed by atoms with Crippen LogP contribution in [0.25, 0.3) is 0 Å². The molecule has 0 amide bonds. The molecule has 1 fully saturated rings. The van der Waals surface area contributed by atoms with Gasteiger partial charge in [0.25, 0.3) is 0 Å². The second kappa shape index (κ2) is 4.92. The Morgan fingerprint density at radius 3 is 2.73 bits per heavy atom. The average molecular weight is 280 g/mol. The molecule has 4 heteroatoms. The summed E-state index contributed by atoms with van der Waals surface area (Å²) in [6.07, 6.45) is 2.70. The summed E-state index contributed by atoms with van der Waals surface area (Å²) < 4.78 is 5.07. The van der Waals surface area contributed by atoms with Crippen LogP contribution in [0.5, 0.6) is 0 Å². The summed E-state index contributed by atoms with van der Waals surface area (Å²) in [5.74, 6) is 0. The first-order valence-corrected chi connectivity index (χ1v) is 6.41. The predicted octanol–water partition coefficient (Wildman–Crippen LogP) is -1.13. The standard InChI is InChI=1S/C7H18As2N2/c1-2-3-7-6-10(8)4-5-11(7)9/h7H,2-6,8-9H2,1H3. The maximum absolute atomic E-state index is 2.56. The molecular weight excluding hydrogens is 262 g/mol. The van der Waals surface area contributed by atoms with Crippen molar-refractivity contribution in [2.24, 2.45) is 0 Å². The van der Waals surface area contributed by atoms with Crippen LogP contribution in [0.1, 0.15) is 19.8 Å². The maximum atomic E-state index is 2.56.